The van der Waals surface area contributed by atoms with Gasteiger partial charge in [-0.1, -0.05) is 11.6 Å². The molecular formula is C12H18ClNO. The van der Waals surface area contributed by atoms with Gasteiger partial charge >= 0.3 is 0 Å². The van der Waals surface area contributed by atoms with E-state index < -0.39 is 0 Å². The van der Waals surface area contributed by atoms with E-state index in [1.54, 1.807) is 7.11 Å². The van der Waals surface area contributed by atoms with Gasteiger partial charge in [-0.3, -0.25) is 0 Å². The lowest BCUT2D eigenvalue weighted by atomic mass is 9.99. The van der Waals surface area contributed by atoms with E-state index in [1.807, 2.05) is 26.8 Å². The van der Waals surface area contributed by atoms with E-state index >= 15 is 0 Å². The summed E-state index contributed by atoms with van der Waals surface area (Å²) in [5.41, 5.74) is 9.04. The van der Waals surface area contributed by atoms with Crippen molar-refractivity contribution in [2.75, 3.05) is 7.11 Å². The van der Waals surface area contributed by atoms with Crippen molar-refractivity contribution in [1.82, 2.24) is 0 Å². The van der Waals surface area contributed by atoms with Crippen LogP contribution in [0.5, 0.6) is 5.75 Å². The summed E-state index contributed by atoms with van der Waals surface area (Å²) >= 11 is 6.20. The molecular weight excluding hydrogens is 210 g/mol. The number of hydrogen-bond acceptors (Lipinski definition) is 2. The van der Waals surface area contributed by atoms with Crippen LogP contribution in [0, 0.1) is 13.8 Å². The second-order valence-electron chi connectivity index (χ2n) is 3.99. The molecule has 1 unspecified atom stereocenters. The fraction of sp³-hybridized carbons (Fsp3) is 0.500. The second kappa shape index (κ2) is 4.86. The highest BCUT2D eigenvalue weighted by Crippen LogP contribution is 2.32. The first-order valence-electron chi connectivity index (χ1n) is 5.05. The molecule has 2 N–H and O–H groups in total. The Kier molecular flexibility index (Phi) is 4.00. The van der Waals surface area contributed by atoms with Gasteiger partial charge in [0.15, 0.2) is 0 Å². The van der Waals surface area contributed by atoms with Crippen molar-refractivity contribution in [1.29, 1.82) is 0 Å². The number of rotatable bonds is 3. The van der Waals surface area contributed by atoms with Crippen LogP contribution in [0.15, 0.2) is 6.07 Å². The van der Waals surface area contributed by atoms with Crippen molar-refractivity contribution >= 4 is 11.6 Å². The van der Waals surface area contributed by atoms with Crippen molar-refractivity contribution in [2.24, 2.45) is 5.73 Å². The number of hydrogen-bond donors (Lipinski definition) is 1. The lowest BCUT2D eigenvalue weighted by Crippen LogP contribution is -2.19. The van der Waals surface area contributed by atoms with Crippen LogP contribution in [0.4, 0.5) is 0 Å². The highest BCUT2D eigenvalue weighted by molar-refractivity contribution is 6.31. The molecule has 3 heteroatoms. The topological polar surface area (TPSA) is 35.2 Å². The molecule has 0 aliphatic carbocycles. The van der Waals surface area contributed by atoms with Crippen molar-refractivity contribution in [3.63, 3.8) is 0 Å². The Bertz CT molecular complexity index is 361. The van der Waals surface area contributed by atoms with E-state index in [2.05, 4.69) is 0 Å². The Hall–Kier alpha value is -0.730. The fourth-order valence-electron chi connectivity index (χ4n) is 1.84. The van der Waals surface area contributed by atoms with Crippen LogP contribution in [-0.4, -0.2) is 13.2 Å². The van der Waals surface area contributed by atoms with E-state index in [4.69, 9.17) is 22.1 Å². The highest BCUT2D eigenvalue weighted by Gasteiger charge is 2.13. The summed E-state index contributed by atoms with van der Waals surface area (Å²) in [6, 6.07) is 2.04. The van der Waals surface area contributed by atoms with Gasteiger partial charge in [0, 0.05) is 11.1 Å². The molecule has 15 heavy (non-hydrogen) atoms. The van der Waals surface area contributed by atoms with Crippen molar-refractivity contribution < 1.29 is 4.74 Å². The van der Waals surface area contributed by atoms with Crippen LogP contribution >= 0.6 is 11.6 Å². The molecule has 0 bridgehead atoms. The Morgan fingerprint density at radius 3 is 2.53 bits per heavy atom. The van der Waals surface area contributed by atoms with Crippen LogP contribution in [0.2, 0.25) is 5.02 Å². The zero-order chi connectivity index (χ0) is 11.6. The standard InChI is InChI=1S/C12H18ClNO/c1-7-5-11(13)10(6-8(2)14)9(3)12(7)15-4/h5,8H,6,14H2,1-4H3. The summed E-state index contributed by atoms with van der Waals surface area (Å²) in [4.78, 5) is 0. The van der Waals surface area contributed by atoms with Gasteiger partial charge in [-0.05, 0) is 49.9 Å². The van der Waals surface area contributed by atoms with Gasteiger partial charge < -0.3 is 10.5 Å². The third-order valence-electron chi connectivity index (χ3n) is 2.51. The van der Waals surface area contributed by atoms with E-state index in [9.17, 15) is 0 Å². The number of aryl methyl sites for hydroxylation is 1. The predicted molar refractivity (Wildman–Crippen MR) is 64.8 cm³/mol. The maximum Gasteiger partial charge on any atom is 0.125 e. The normalized spacial score (nSPS) is 12.7. The van der Waals surface area contributed by atoms with Gasteiger partial charge in [0.05, 0.1) is 7.11 Å². The molecule has 0 aliphatic rings. The molecule has 2 nitrogen and oxygen atoms in total. The second-order valence-corrected chi connectivity index (χ2v) is 4.40. The average molecular weight is 228 g/mol. The van der Waals surface area contributed by atoms with Crippen molar-refractivity contribution in [3.8, 4) is 5.75 Å². The van der Waals surface area contributed by atoms with Crippen LogP contribution in [0.25, 0.3) is 0 Å². The fourth-order valence-corrected chi connectivity index (χ4v) is 2.22. The minimum atomic E-state index is 0.105. The Morgan fingerprint density at radius 1 is 1.47 bits per heavy atom. The number of halogens is 1. The number of methoxy groups -OCH3 is 1. The number of ether oxygens (including phenoxy) is 1. The van der Waals surface area contributed by atoms with E-state index in [0.29, 0.717) is 0 Å². The Labute approximate surface area is 96.4 Å². The largest absolute Gasteiger partial charge is 0.496 e. The molecule has 84 valence electrons. The van der Waals surface area contributed by atoms with Crippen molar-refractivity contribution in [2.45, 2.75) is 33.2 Å². The van der Waals surface area contributed by atoms with Gasteiger partial charge in [0.1, 0.15) is 5.75 Å². The maximum atomic E-state index is 6.20. The minimum Gasteiger partial charge on any atom is -0.496 e. The minimum absolute atomic E-state index is 0.105. The summed E-state index contributed by atoms with van der Waals surface area (Å²) in [5.74, 6) is 0.912. The third-order valence-corrected chi connectivity index (χ3v) is 2.85. The molecule has 1 aromatic rings. The van der Waals surface area contributed by atoms with E-state index in [0.717, 1.165) is 33.9 Å². The van der Waals surface area contributed by atoms with Crippen LogP contribution in [0.3, 0.4) is 0 Å². The van der Waals surface area contributed by atoms with Crippen LogP contribution in [0.1, 0.15) is 23.6 Å². The molecule has 0 spiro atoms. The van der Waals surface area contributed by atoms with Crippen LogP contribution in [-0.2, 0) is 6.42 Å². The van der Waals surface area contributed by atoms with Crippen LogP contribution < -0.4 is 10.5 Å². The molecule has 0 heterocycles. The summed E-state index contributed by atoms with van der Waals surface area (Å²) in [6.07, 6.45) is 0.779. The number of benzene rings is 1. The maximum absolute atomic E-state index is 6.20. The molecule has 1 rings (SSSR count). The molecule has 0 aromatic heterocycles. The monoisotopic (exact) mass is 227 g/mol. The number of nitrogens with two attached hydrogens (primary N) is 1. The van der Waals surface area contributed by atoms with Gasteiger partial charge in [-0.25, -0.2) is 0 Å². The quantitative estimate of drug-likeness (QED) is 0.862. The zero-order valence-corrected chi connectivity index (χ0v) is 10.5. The van der Waals surface area contributed by atoms with E-state index in [-0.39, 0.29) is 6.04 Å². The Balaban J connectivity index is 3.26. The summed E-state index contributed by atoms with van der Waals surface area (Å²) in [6.45, 7) is 5.99. The van der Waals surface area contributed by atoms with Gasteiger partial charge in [0.25, 0.3) is 0 Å². The molecule has 0 aliphatic heterocycles. The van der Waals surface area contributed by atoms with Crippen molar-refractivity contribution in [3.05, 3.63) is 27.8 Å². The lowest BCUT2D eigenvalue weighted by Gasteiger charge is -2.16. The third kappa shape index (κ3) is 2.64. The van der Waals surface area contributed by atoms with Gasteiger partial charge in [-0.2, -0.15) is 0 Å². The summed E-state index contributed by atoms with van der Waals surface area (Å²) in [5, 5.41) is 0.781. The molecule has 0 amide bonds. The molecule has 0 fully saturated rings. The highest BCUT2D eigenvalue weighted by atomic mass is 35.5. The molecule has 1 atom stereocenters. The Morgan fingerprint density at radius 2 is 2.07 bits per heavy atom. The first kappa shape index (κ1) is 12.3. The summed E-state index contributed by atoms with van der Waals surface area (Å²) < 4.78 is 5.35. The van der Waals surface area contributed by atoms with Gasteiger partial charge in [0.2, 0.25) is 0 Å². The first-order chi connectivity index (χ1) is 6.97. The lowest BCUT2D eigenvalue weighted by molar-refractivity contribution is 0.407. The van der Waals surface area contributed by atoms with E-state index in [1.165, 1.54) is 0 Å². The molecule has 0 saturated heterocycles. The molecule has 0 saturated carbocycles. The van der Waals surface area contributed by atoms with Gasteiger partial charge in [-0.15, -0.1) is 0 Å². The predicted octanol–water partition coefficient (Wildman–Crippen LogP) is 2.86. The SMILES string of the molecule is COc1c(C)cc(Cl)c(CC(C)N)c1C. The molecule has 1 aromatic carbocycles. The average Bonchev–Trinajstić information content (AvgIpc) is 2.12. The zero-order valence-electron chi connectivity index (χ0n) is 9.73. The smallest absolute Gasteiger partial charge is 0.125 e. The summed E-state index contributed by atoms with van der Waals surface area (Å²) in [7, 11) is 1.68. The first-order valence-corrected chi connectivity index (χ1v) is 5.43. The molecule has 0 radical (unpaired) electrons.